The van der Waals surface area contributed by atoms with E-state index in [1.807, 2.05) is 52.8 Å². The molecule has 0 atom stereocenters. The average molecular weight is 402 g/mol. The molecule has 7 nitrogen and oxygen atoms in total. The highest BCUT2D eigenvalue weighted by molar-refractivity contribution is 5.99. The summed E-state index contributed by atoms with van der Waals surface area (Å²) in [4.78, 5) is 28.7. The van der Waals surface area contributed by atoms with E-state index in [-0.39, 0.29) is 12.0 Å². The Balaban J connectivity index is 1.47. The number of para-hydroxylation sites is 1. The third-order valence-corrected chi connectivity index (χ3v) is 5.10. The number of piperazine rings is 1. The number of aryl methyl sites for hydroxylation is 2. The van der Waals surface area contributed by atoms with Crippen LogP contribution in [0.15, 0.2) is 22.6 Å². The Bertz CT molecular complexity index is 889. The summed E-state index contributed by atoms with van der Waals surface area (Å²) in [5.74, 6) is 0.189. The van der Waals surface area contributed by atoms with Gasteiger partial charge in [-0.15, -0.1) is 0 Å². The third kappa shape index (κ3) is 5.09. The standard InChI is InChI=1S/C22H31N3O4/c1-15-7-6-8-17-16(2)19(28-18(15)17)20(26)23-9-10-24-11-13-25(14-12-24)21(27)29-22(3,4)5/h6-8H,9-14H2,1-5H3,(H,23,26). The first-order chi connectivity index (χ1) is 13.7. The van der Waals surface area contributed by atoms with Crippen molar-refractivity contribution in [3.8, 4) is 0 Å². The molecule has 1 aliphatic heterocycles. The molecule has 3 rings (SSSR count). The second-order valence-electron chi connectivity index (χ2n) is 8.57. The smallest absolute Gasteiger partial charge is 0.410 e. The molecule has 2 heterocycles. The van der Waals surface area contributed by atoms with Gasteiger partial charge in [0.05, 0.1) is 0 Å². The summed E-state index contributed by atoms with van der Waals surface area (Å²) in [5.41, 5.74) is 2.18. The molecule has 0 bridgehead atoms. The van der Waals surface area contributed by atoms with E-state index in [0.717, 1.165) is 41.7 Å². The minimum Gasteiger partial charge on any atom is -0.450 e. The molecular weight excluding hydrogens is 370 g/mol. The number of fused-ring (bicyclic) bond motifs is 1. The van der Waals surface area contributed by atoms with E-state index in [1.54, 1.807) is 4.90 Å². The fourth-order valence-electron chi connectivity index (χ4n) is 3.49. The van der Waals surface area contributed by atoms with Gasteiger partial charge in [-0.05, 0) is 40.2 Å². The first-order valence-electron chi connectivity index (χ1n) is 10.1. The topological polar surface area (TPSA) is 75.0 Å². The Kier molecular flexibility index (Phi) is 6.17. The van der Waals surface area contributed by atoms with Gasteiger partial charge in [-0.2, -0.15) is 0 Å². The van der Waals surface area contributed by atoms with Crippen LogP contribution in [0.4, 0.5) is 4.79 Å². The number of nitrogens with zero attached hydrogens (tertiary/aromatic N) is 2. The Morgan fingerprint density at radius 1 is 1.14 bits per heavy atom. The van der Waals surface area contributed by atoms with Crippen molar-refractivity contribution in [2.75, 3.05) is 39.3 Å². The number of nitrogens with one attached hydrogen (secondary N) is 1. The first kappa shape index (κ1) is 21.2. The predicted molar refractivity (Wildman–Crippen MR) is 112 cm³/mol. The molecule has 1 N–H and O–H groups in total. The fraction of sp³-hybridized carbons (Fsp3) is 0.545. The summed E-state index contributed by atoms with van der Waals surface area (Å²) in [6.07, 6.45) is -0.263. The molecule has 0 radical (unpaired) electrons. The van der Waals surface area contributed by atoms with Gasteiger partial charge in [-0.25, -0.2) is 4.79 Å². The minimum atomic E-state index is -0.480. The molecule has 1 aromatic carbocycles. The number of furan rings is 1. The van der Waals surface area contributed by atoms with E-state index >= 15 is 0 Å². The van der Waals surface area contributed by atoms with E-state index in [9.17, 15) is 9.59 Å². The number of carbonyl (C=O) groups excluding carboxylic acids is 2. The van der Waals surface area contributed by atoms with Crippen LogP contribution in [-0.2, 0) is 4.74 Å². The van der Waals surface area contributed by atoms with E-state index in [4.69, 9.17) is 9.15 Å². The van der Waals surface area contributed by atoms with E-state index < -0.39 is 5.60 Å². The summed E-state index contributed by atoms with van der Waals surface area (Å²) >= 11 is 0. The van der Waals surface area contributed by atoms with Crippen molar-refractivity contribution < 1.29 is 18.7 Å². The van der Waals surface area contributed by atoms with Crippen LogP contribution in [-0.4, -0.2) is 66.7 Å². The largest absolute Gasteiger partial charge is 0.450 e. The zero-order valence-corrected chi connectivity index (χ0v) is 18.0. The summed E-state index contributed by atoms with van der Waals surface area (Å²) in [5, 5.41) is 3.93. The van der Waals surface area contributed by atoms with Crippen molar-refractivity contribution in [2.45, 2.75) is 40.2 Å². The van der Waals surface area contributed by atoms with Gasteiger partial charge in [0, 0.05) is 50.2 Å². The fourth-order valence-corrected chi connectivity index (χ4v) is 3.49. The number of hydrogen-bond acceptors (Lipinski definition) is 5. The summed E-state index contributed by atoms with van der Waals surface area (Å²) in [6.45, 7) is 13.5. The summed E-state index contributed by atoms with van der Waals surface area (Å²) in [6, 6.07) is 5.92. The van der Waals surface area contributed by atoms with Gasteiger partial charge in [0.25, 0.3) is 5.91 Å². The number of ether oxygens (including phenoxy) is 1. The van der Waals surface area contributed by atoms with Crippen molar-refractivity contribution in [3.63, 3.8) is 0 Å². The molecule has 0 aliphatic carbocycles. The molecule has 0 saturated carbocycles. The molecule has 158 valence electrons. The average Bonchev–Trinajstić information content (AvgIpc) is 2.99. The molecule has 1 aromatic heterocycles. The SMILES string of the molecule is Cc1c(C(=O)NCCN2CCN(C(=O)OC(C)(C)C)CC2)oc2c(C)cccc12. The normalized spacial score (nSPS) is 15.6. The van der Waals surface area contributed by atoms with Gasteiger partial charge >= 0.3 is 6.09 Å². The van der Waals surface area contributed by atoms with Crippen LogP contribution < -0.4 is 5.32 Å². The zero-order valence-electron chi connectivity index (χ0n) is 18.0. The molecular formula is C22H31N3O4. The summed E-state index contributed by atoms with van der Waals surface area (Å²) in [7, 11) is 0. The van der Waals surface area contributed by atoms with Crippen LogP contribution in [0.25, 0.3) is 11.0 Å². The highest BCUT2D eigenvalue weighted by Crippen LogP contribution is 2.27. The number of carbonyl (C=O) groups is 2. The highest BCUT2D eigenvalue weighted by Gasteiger charge is 2.26. The van der Waals surface area contributed by atoms with Crippen LogP contribution in [0.5, 0.6) is 0 Å². The third-order valence-electron chi connectivity index (χ3n) is 5.10. The lowest BCUT2D eigenvalue weighted by atomic mass is 10.1. The Morgan fingerprint density at radius 3 is 2.45 bits per heavy atom. The van der Waals surface area contributed by atoms with Crippen molar-refractivity contribution in [3.05, 3.63) is 35.1 Å². The van der Waals surface area contributed by atoms with Gasteiger partial charge in [-0.3, -0.25) is 9.69 Å². The quantitative estimate of drug-likeness (QED) is 0.851. The molecule has 2 amide bonds. The van der Waals surface area contributed by atoms with Crippen molar-refractivity contribution in [1.82, 2.24) is 15.1 Å². The molecule has 1 saturated heterocycles. The van der Waals surface area contributed by atoms with Crippen molar-refractivity contribution in [1.29, 1.82) is 0 Å². The minimum absolute atomic E-state index is 0.189. The predicted octanol–water partition coefficient (Wildman–Crippen LogP) is 3.33. The second kappa shape index (κ2) is 8.45. The van der Waals surface area contributed by atoms with Gasteiger partial charge in [0.2, 0.25) is 0 Å². The van der Waals surface area contributed by atoms with Crippen LogP contribution in [0.1, 0.15) is 42.5 Å². The molecule has 29 heavy (non-hydrogen) atoms. The maximum absolute atomic E-state index is 12.6. The Hall–Kier alpha value is -2.54. The van der Waals surface area contributed by atoms with Gasteiger partial charge in [0.1, 0.15) is 11.2 Å². The zero-order chi connectivity index (χ0) is 21.2. The van der Waals surface area contributed by atoms with Gasteiger partial charge < -0.3 is 19.4 Å². The maximum atomic E-state index is 12.6. The Morgan fingerprint density at radius 2 is 1.83 bits per heavy atom. The molecule has 1 fully saturated rings. The maximum Gasteiger partial charge on any atom is 0.410 e. The lowest BCUT2D eigenvalue weighted by Crippen LogP contribution is -2.51. The molecule has 7 heteroatoms. The summed E-state index contributed by atoms with van der Waals surface area (Å²) < 4.78 is 11.2. The number of benzene rings is 1. The number of hydrogen-bond donors (Lipinski definition) is 1. The van der Waals surface area contributed by atoms with E-state index in [1.165, 1.54) is 0 Å². The lowest BCUT2D eigenvalue weighted by Gasteiger charge is -2.35. The molecule has 0 unspecified atom stereocenters. The second-order valence-corrected chi connectivity index (χ2v) is 8.57. The van der Waals surface area contributed by atoms with Crippen molar-refractivity contribution in [2.24, 2.45) is 0 Å². The van der Waals surface area contributed by atoms with E-state index in [2.05, 4.69) is 10.2 Å². The first-order valence-corrected chi connectivity index (χ1v) is 10.1. The lowest BCUT2D eigenvalue weighted by molar-refractivity contribution is 0.0147. The van der Waals surface area contributed by atoms with Crippen molar-refractivity contribution >= 4 is 23.0 Å². The molecule has 1 aliphatic rings. The monoisotopic (exact) mass is 401 g/mol. The molecule has 2 aromatic rings. The molecule has 0 spiro atoms. The van der Waals surface area contributed by atoms with Crippen LogP contribution in [0.3, 0.4) is 0 Å². The van der Waals surface area contributed by atoms with Crippen LogP contribution in [0, 0.1) is 13.8 Å². The van der Waals surface area contributed by atoms with E-state index in [0.29, 0.717) is 25.4 Å². The van der Waals surface area contributed by atoms with Crippen LogP contribution >= 0.6 is 0 Å². The van der Waals surface area contributed by atoms with Gasteiger partial charge in [0.15, 0.2) is 5.76 Å². The number of rotatable bonds is 4. The Labute approximate surface area is 172 Å². The van der Waals surface area contributed by atoms with Gasteiger partial charge in [-0.1, -0.05) is 18.2 Å². The highest BCUT2D eigenvalue weighted by atomic mass is 16.6. The number of amides is 2. The van der Waals surface area contributed by atoms with Crippen LogP contribution in [0.2, 0.25) is 0 Å².